The van der Waals surface area contributed by atoms with Crippen LogP contribution in [-0.4, -0.2) is 37.9 Å². The molecule has 0 bridgehead atoms. The molecule has 128 valence electrons. The SMILES string of the molecule is COc1ccc(N(C)C(=O)c2[nH]c(C)c(C(C)=O)c2C)cc1OC. The smallest absolute Gasteiger partial charge is 0.274 e. The number of aryl methyl sites for hydroxylation is 1. The van der Waals surface area contributed by atoms with Crippen LogP contribution in [0.2, 0.25) is 0 Å². The van der Waals surface area contributed by atoms with Gasteiger partial charge in [-0.2, -0.15) is 0 Å². The zero-order chi connectivity index (χ0) is 18.0. The number of rotatable bonds is 5. The summed E-state index contributed by atoms with van der Waals surface area (Å²) < 4.78 is 10.5. The number of nitrogens with zero attached hydrogens (tertiary/aromatic N) is 1. The van der Waals surface area contributed by atoms with E-state index in [9.17, 15) is 9.59 Å². The standard InChI is InChI=1S/C18H22N2O4/c1-10-16(12(3)21)11(2)19-17(10)18(22)20(4)13-7-8-14(23-5)15(9-13)24-6/h7-9,19H,1-6H3. The van der Waals surface area contributed by atoms with Gasteiger partial charge in [-0.1, -0.05) is 0 Å². The van der Waals surface area contributed by atoms with Crippen molar-refractivity contribution in [3.05, 3.63) is 40.7 Å². The lowest BCUT2D eigenvalue weighted by molar-refractivity contribution is 0.0987. The van der Waals surface area contributed by atoms with E-state index >= 15 is 0 Å². The van der Waals surface area contributed by atoms with Crippen LogP contribution in [0.4, 0.5) is 5.69 Å². The van der Waals surface area contributed by atoms with Gasteiger partial charge in [0.15, 0.2) is 17.3 Å². The van der Waals surface area contributed by atoms with Crippen molar-refractivity contribution in [1.82, 2.24) is 4.98 Å². The van der Waals surface area contributed by atoms with E-state index in [-0.39, 0.29) is 11.7 Å². The van der Waals surface area contributed by atoms with Crippen molar-refractivity contribution < 1.29 is 19.1 Å². The number of benzene rings is 1. The maximum Gasteiger partial charge on any atom is 0.274 e. The maximum atomic E-state index is 12.8. The lowest BCUT2D eigenvalue weighted by atomic mass is 10.1. The van der Waals surface area contributed by atoms with Gasteiger partial charge in [0.05, 0.1) is 14.2 Å². The Kier molecular flexibility index (Phi) is 4.97. The highest BCUT2D eigenvalue weighted by molar-refractivity contribution is 6.08. The Labute approximate surface area is 141 Å². The summed E-state index contributed by atoms with van der Waals surface area (Å²) in [5.41, 5.74) is 3.00. The van der Waals surface area contributed by atoms with E-state index in [1.807, 2.05) is 0 Å². The number of aromatic nitrogens is 1. The molecule has 0 fully saturated rings. The normalized spacial score (nSPS) is 10.4. The summed E-state index contributed by atoms with van der Waals surface area (Å²) in [6.45, 7) is 5.06. The fraction of sp³-hybridized carbons (Fsp3) is 0.333. The summed E-state index contributed by atoms with van der Waals surface area (Å²) in [5.74, 6) is 0.843. The Balaban J connectivity index is 2.40. The molecule has 0 saturated heterocycles. The van der Waals surface area contributed by atoms with E-state index in [0.29, 0.717) is 39.7 Å². The Hall–Kier alpha value is -2.76. The number of H-pyrrole nitrogens is 1. The number of carbonyl (C=O) groups is 2. The molecule has 0 aliphatic heterocycles. The van der Waals surface area contributed by atoms with Crippen LogP contribution in [0, 0.1) is 13.8 Å². The summed E-state index contributed by atoms with van der Waals surface area (Å²) in [6, 6.07) is 5.25. The quantitative estimate of drug-likeness (QED) is 0.855. The molecule has 1 aromatic carbocycles. The van der Waals surface area contributed by atoms with Gasteiger partial charge < -0.3 is 19.4 Å². The molecule has 0 radical (unpaired) electrons. The highest BCUT2D eigenvalue weighted by Gasteiger charge is 2.23. The van der Waals surface area contributed by atoms with Crippen molar-refractivity contribution in [3.8, 4) is 11.5 Å². The topological polar surface area (TPSA) is 71.6 Å². The Morgan fingerprint density at radius 3 is 2.21 bits per heavy atom. The summed E-state index contributed by atoms with van der Waals surface area (Å²) in [6.07, 6.45) is 0. The Morgan fingerprint density at radius 2 is 1.71 bits per heavy atom. The molecule has 6 heteroatoms. The number of methoxy groups -OCH3 is 2. The molecule has 24 heavy (non-hydrogen) atoms. The molecule has 1 N–H and O–H groups in total. The minimum Gasteiger partial charge on any atom is -0.493 e. The van der Waals surface area contributed by atoms with E-state index in [1.165, 1.54) is 11.8 Å². The third-order valence-electron chi connectivity index (χ3n) is 4.06. The third-order valence-corrected chi connectivity index (χ3v) is 4.06. The fourth-order valence-electron chi connectivity index (χ4n) is 2.81. The van der Waals surface area contributed by atoms with Gasteiger partial charge in [-0.05, 0) is 38.5 Å². The Bertz CT molecular complexity index is 793. The largest absolute Gasteiger partial charge is 0.493 e. The molecule has 0 aliphatic rings. The fourth-order valence-corrected chi connectivity index (χ4v) is 2.81. The maximum absolute atomic E-state index is 12.8. The van der Waals surface area contributed by atoms with Gasteiger partial charge in [-0.3, -0.25) is 9.59 Å². The first-order chi connectivity index (χ1) is 11.3. The third kappa shape index (κ3) is 2.99. The first kappa shape index (κ1) is 17.6. The number of anilines is 1. The number of amides is 1. The van der Waals surface area contributed by atoms with E-state index in [4.69, 9.17) is 9.47 Å². The molecule has 0 aliphatic carbocycles. The summed E-state index contributed by atoms with van der Waals surface area (Å²) in [7, 11) is 4.77. The van der Waals surface area contributed by atoms with Crippen LogP contribution >= 0.6 is 0 Å². The Morgan fingerprint density at radius 1 is 1.08 bits per heavy atom. The molecule has 1 heterocycles. The van der Waals surface area contributed by atoms with Crippen molar-refractivity contribution in [2.45, 2.75) is 20.8 Å². The summed E-state index contributed by atoms with van der Waals surface area (Å²) >= 11 is 0. The second kappa shape index (κ2) is 6.78. The molecule has 6 nitrogen and oxygen atoms in total. The first-order valence-electron chi connectivity index (χ1n) is 7.52. The predicted molar refractivity (Wildman–Crippen MR) is 92.6 cm³/mol. The number of aromatic amines is 1. The molecule has 0 unspecified atom stereocenters. The van der Waals surface area contributed by atoms with Gasteiger partial charge >= 0.3 is 0 Å². The summed E-state index contributed by atoms with van der Waals surface area (Å²) in [5, 5.41) is 0. The van der Waals surface area contributed by atoms with Gasteiger partial charge in [0.1, 0.15) is 5.69 Å². The number of hydrogen-bond acceptors (Lipinski definition) is 4. The second-order valence-corrected chi connectivity index (χ2v) is 5.58. The number of hydrogen-bond donors (Lipinski definition) is 1. The van der Waals surface area contributed by atoms with Gasteiger partial charge in [-0.25, -0.2) is 0 Å². The van der Waals surface area contributed by atoms with Crippen LogP contribution in [-0.2, 0) is 0 Å². The average molecular weight is 330 g/mol. The molecule has 2 aromatic rings. The zero-order valence-electron chi connectivity index (χ0n) is 14.8. The summed E-state index contributed by atoms with van der Waals surface area (Å²) in [4.78, 5) is 29.1. The molecule has 1 aromatic heterocycles. The number of ketones is 1. The minimum atomic E-state index is -0.227. The highest BCUT2D eigenvalue weighted by atomic mass is 16.5. The second-order valence-electron chi connectivity index (χ2n) is 5.58. The van der Waals surface area contributed by atoms with E-state index < -0.39 is 0 Å². The van der Waals surface area contributed by atoms with Crippen molar-refractivity contribution >= 4 is 17.4 Å². The highest BCUT2D eigenvalue weighted by Crippen LogP contribution is 2.32. The van der Waals surface area contributed by atoms with Gasteiger partial charge in [-0.15, -0.1) is 0 Å². The molecular formula is C18H22N2O4. The lowest BCUT2D eigenvalue weighted by Gasteiger charge is -2.19. The van der Waals surface area contributed by atoms with E-state index in [1.54, 1.807) is 53.3 Å². The molecule has 2 rings (SSSR count). The van der Waals surface area contributed by atoms with Gasteiger partial charge in [0, 0.05) is 30.1 Å². The number of nitrogens with one attached hydrogen (secondary N) is 1. The number of Topliss-reactive ketones (excluding diaryl/α,β-unsaturated/α-hetero) is 1. The van der Waals surface area contributed by atoms with E-state index in [0.717, 1.165) is 0 Å². The van der Waals surface area contributed by atoms with Crippen LogP contribution in [0.5, 0.6) is 11.5 Å². The van der Waals surface area contributed by atoms with Crippen LogP contribution in [0.3, 0.4) is 0 Å². The lowest BCUT2D eigenvalue weighted by Crippen LogP contribution is -2.27. The van der Waals surface area contributed by atoms with E-state index in [2.05, 4.69) is 4.98 Å². The van der Waals surface area contributed by atoms with Crippen LogP contribution < -0.4 is 14.4 Å². The minimum absolute atomic E-state index is 0.0610. The van der Waals surface area contributed by atoms with Crippen LogP contribution in [0.15, 0.2) is 18.2 Å². The molecule has 0 saturated carbocycles. The zero-order valence-corrected chi connectivity index (χ0v) is 14.8. The molecular weight excluding hydrogens is 308 g/mol. The monoisotopic (exact) mass is 330 g/mol. The molecule has 1 amide bonds. The first-order valence-corrected chi connectivity index (χ1v) is 7.52. The van der Waals surface area contributed by atoms with Crippen molar-refractivity contribution in [3.63, 3.8) is 0 Å². The molecule has 0 atom stereocenters. The average Bonchev–Trinajstić information content (AvgIpc) is 2.87. The van der Waals surface area contributed by atoms with Crippen molar-refractivity contribution in [2.75, 3.05) is 26.2 Å². The van der Waals surface area contributed by atoms with Crippen LogP contribution in [0.1, 0.15) is 39.0 Å². The predicted octanol–water partition coefficient (Wildman–Crippen LogP) is 3.13. The van der Waals surface area contributed by atoms with Crippen molar-refractivity contribution in [2.24, 2.45) is 0 Å². The number of ether oxygens (including phenoxy) is 2. The van der Waals surface area contributed by atoms with Gasteiger partial charge in [0.25, 0.3) is 5.91 Å². The van der Waals surface area contributed by atoms with Crippen molar-refractivity contribution in [1.29, 1.82) is 0 Å². The van der Waals surface area contributed by atoms with Crippen LogP contribution in [0.25, 0.3) is 0 Å². The molecule has 0 spiro atoms. The van der Waals surface area contributed by atoms with Gasteiger partial charge in [0.2, 0.25) is 0 Å². The number of carbonyl (C=O) groups excluding carboxylic acids is 2.